The minimum absolute atomic E-state index is 0.158. The highest BCUT2D eigenvalue weighted by Crippen LogP contribution is 2.24. The highest BCUT2D eigenvalue weighted by molar-refractivity contribution is 9.09. The van der Waals surface area contributed by atoms with Gasteiger partial charge in [-0.2, -0.15) is 0 Å². The quantitative estimate of drug-likeness (QED) is 0.779. The van der Waals surface area contributed by atoms with Gasteiger partial charge in [0.15, 0.2) is 0 Å². The minimum atomic E-state index is -0.306. The molecule has 0 saturated heterocycles. The number of carbonyl (C=O) groups is 1. The summed E-state index contributed by atoms with van der Waals surface area (Å²) in [4.78, 5) is 12.6. The monoisotopic (exact) mass is 351 g/mol. The molecule has 1 N–H and O–H groups in total. The van der Waals surface area contributed by atoms with Crippen LogP contribution in [0.4, 0.5) is 4.39 Å². The molecule has 1 amide bonds. The topological polar surface area (TPSA) is 29.1 Å². The number of rotatable bonds is 5. The molecule has 0 saturated carbocycles. The van der Waals surface area contributed by atoms with Crippen molar-refractivity contribution in [3.63, 3.8) is 0 Å². The molecule has 0 aromatic heterocycles. The largest absolute Gasteiger partial charge is 0.346 e. The Morgan fingerprint density at radius 1 is 1.14 bits per heavy atom. The number of alkyl halides is 1. The SMILES string of the molecule is CCC(CC)(CBr)NC(=O)c1ccc(F)c2ccccc12. The first kappa shape index (κ1) is 16.0. The van der Waals surface area contributed by atoms with Crippen molar-refractivity contribution in [3.05, 3.63) is 47.8 Å². The van der Waals surface area contributed by atoms with Gasteiger partial charge < -0.3 is 5.32 Å². The van der Waals surface area contributed by atoms with Gasteiger partial charge in [0.2, 0.25) is 0 Å². The molecular weight excluding hydrogens is 333 g/mol. The average molecular weight is 352 g/mol. The number of halogens is 2. The molecular formula is C17H19BrFNO. The number of benzene rings is 2. The number of carbonyl (C=O) groups excluding carboxylic acids is 1. The second-order valence-electron chi connectivity index (χ2n) is 5.22. The van der Waals surface area contributed by atoms with Crippen LogP contribution in [0.25, 0.3) is 10.8 Å². The average Bonchev–Trinajstić information content (AvgIpc) is 2.53. The van der Waals surface area contributed by atoms with E-state index in [-0.39, 0.29) is 17.3 Å². The molecule has 2 rings (SSSR count). The lowest BCUT2D eigenvalue weighted by atomic mass is 9.94. The standard InChI is InChI=1S/C17H19BrFNO/c1-3-17(4-2,11-18)20-16(21)14-9-10-15(19)13-8-6-5-7-12(13)14/h5-10H,3-4,11H2,1-2H3,(H,20,21). The molecule has 112 valence electrons. The fourth-order valence-electron chi connectivity index (χ4n) is 2.42. The van der Waals surface area contributed by atoms with E-state index in [1.54, 1.807) is 24.3 Å². The number of hydrogen-bond acceptors (Lipinski definition) is 1. The summed E-state index contributed by atoms with van der Waals surface area (Å²) in [5, 5.41) is 4.91. The van der Waals surface area contributed by atoms with Gasteiger partial charge in [0.25, 0.3) is 5.91 Å². The molecule has 0 aliphatic heterocycles. The van der Waals surface area contributed by atoms with Gasteiger partial charge in [-0.3, -0.25) is 4.79 Å². The van der Waals surface area contributed by atoms with Crippen LogP contribution in [-0.4, -0.2) is 16.8 Å². The normalized spacial score (nSPS) is 11.6. The highest BCUT2D eigenvalue weighted by atomic mass is 79.9. The Hall–Kier alpha value is -1.42. The zero-order valence-corrected chi connectivity index (χ0v) is 13.8. The van der Waals surface area contributed by atoms with Crippen molar-refractivity contribution in [3.8, 4) is 0 Å². The molecule has 0 heterocycles. The molecule has 21 heavy (non-hydrogen) atoms. The van der Waals surface area contributed by atoms with E-state index in [2.05, 4.69) is 21.2 Å². The molecule has 0 aliphatic rings. The molecule has 2 aromatic carbocycles. The van der Waals surface area contributed by atoms with E-state index in [0.717, 1.165) is 12.8 Å². The lowest BCUT2D eigenvalue weighted by Gasteiger charge is -2.31. The van der Waals surface area contributed by atoms with Gasteiger partial charge in [0, 0.05) is 21.8 Å². The van der Waals surface area contributed by atoms with Crippen LogP contribution in [0.15, 0.2) is 36.4 Å². The smallest absolute Gasteiger partial charge is 0.252 e. The number of fused-ring (bicyclic) bond motifs is 1. The summed E-state index contributed by atoms with van der Waals surface area (Å²) in [5.74, 6) is -0.464. The van der Waals surface area contributed by atoms with Crippen LogP contribution in [-0.2, 0) is 0 Å². The predicted molar refractivity (Wildman–Crippen MR) is 88.5 cm³/mol. The maximum atomic E-state index is 13.8. The van der Waals surface area contributed by atoms with Crippen LogP contribution in [0.1, 0.15) is 37.0 Å². The second-order valence-corrected chi connectivity index (χ2v) is 5.78. The van der Waals surface area contributed by atoms with Crippen molar-refractivity contribution < 1.29 is 9.18 Å². The Labute approximate surface area is 132 Å². The third-order valence-electron chi connectivity index (χ3n) is 4.10. The van der Waals surface area contributed by atoms with Gasteiger partial charge in [0.05, 0.1) is 0 Å². The summed E-state index contributed by atoms with van der Waals surface area (Å²) >= 11 is 3.48. The van der Waals surface area contributed by atoms with Crippen molar-refractivity contribution >= 4 is 32.6 Å². The zero-order valence-electron chi connectivity index (χ0n) is 12.2. The third kappa shape index (κ3) is 3.10. The van der Waals surface area contributed by atoms with E-state index in [4.69, 9.17) is 0 Å². The van der Waals surface area contributed by atoms with Crippen LogP contribution < -0.4 is 5.32 Å². The fraction of sp³-hybridized carbons (Fsp3) is 0.353. The van der Waals surface area contributed by atoms with E-state index in [1.807, 2.05) is 19.9 Å². The summed E-state index contributed by atoms with van der Waals surface area (Å²) in [7, 11) is 0. The fourth-order valence-corrected chi connectivity index (χ4v) is 3.35. The van der Waals surface area contributed by atoms with Gasteiger partial charge in [-0.1, -0.05) is 54.0 Å². The number of amides is 1. The van der Waals surface area contributed by atoms with E-state index >= 15 is 0 Å². The van der Waals surface area contributed by atoms with Crippen molar-refractivity contribution in [2.45, 2.75) is 32.2 Å². The van der Waals surface area contributed by atoms with E-state index in [0.29, 0.717) is 21.7 Å². The second kappa shape index (κ2) is 6.56. The van der Waals surface area contributed by atoms with E-state index < -0.39 is 0 Å². The summed E-state index contributed by atoms with van der Waals surface area (Å²) in [6, 6.07) is 9.96. The maximum Gasteiger partial charge on any atom is 0.252 e. The molecule has 0 atom stereocenters. The molecule has 0 fully saturated rings. The Bertz CT molecular complexity index is 644. The lowest BCUT2D eigenvalue weighted by Crippen LogP contribution is -2.49. The Morgan fingerprint density at radius 2 is 1.76 bits per heavy atom. The third-order valence-corrected chi connectivity index (χ3v) is 5.18. The molecule has 0 unspecified atom stereocenters. The summed E-state index contributed by atoms with van der Waals surface area (Å²) in [6.45, 7) is 4.10. The van der Waals surface area contributed by atoms with Crippen molar-refractivity contribution in [1.29, 1.82) is 0 Å². The molecule has 0 spiro atoms. The molecule has 0 radical (unpaired) electrons. The predicted octanol–water partition coefficient (Wildman–Crippen LogP) is 4.66. The van der Waals surface area contributed by atoms with Gasteiger partial charge in [-0.15, -0.1) is 0 Å². The van der Waals surface area contributed by atoms with Crippen LogP contribution >= 0.6 is 15.9 Å². The van der Waals surface area contributed by atoms with Crippen molar-refractivity contribution in [2.24, 2.45) is 0 Å². The zero-order chi connectivity index (χ0) is 15.5. The molecule has 0 aliphatic carbocycles. The first-order valence-corrected chi connectivity index (χ1v) is 8.24. The molecule has 2 aromatic rings. The molecule has 0 bridgehead atoms. The van der Waals surface area contributed by atoms with Gasteiger partial charge in [-0.25, -0.2) is 4.39 Å². The van der Waals surface area contributed by atoms with E-state index in [9.17, 15) is 9.18 Å². The number of nitrogens with one attached hydrogen (secondary N) is 1. The Balaban J connectivity index is 2.43. The minimum Gasteiger partial charge on any atom is -0.346 e. The van der Waals surface area contributed by atoms with Crippen LogP contribution in [0.5, 0.6) is 0 Å². The van der Waals surface area contributed by atoms with Crippen molar-refractivity contribution in [1.82, 2.24) is 5.32 Å². The first-order chi connectivity index (χ1) is 10.1. The molecule has 2 nitrogen and oxygen atoms in total. The lowest BCUT2D eigenvalue weighted by molar-refractivity contribution is 0.0905. The first-order valence-electron chi connectivity index (χ1n) is 7.12. The van der Waals surface area contributed by atoms with Crippen LogP contribution in [0, 0.1) is 5.82 Å². The Morgan fingerprint density at radius 3 is 2.33 bits per heavy atom. The number of hydrogen-bond donors (Lipinski definition) is 1. The van der Waals surface area contributed by atoms with Crippen molar-refractivity contribution in [2.75, 3.05) is 5.33 Å². The van der Waals surface area contributed by atoms with Gasteiger partial charge in [-0.05, 0) is 30.4 Å². The summed E-state index contributed by atoms with van der Waals surface area (Å²) in [5.41, 5.74) is 0.242. The highest BCUT2D eigenvalue weighted by Gasteiger charge is 2.27. The maximum absolute atomic E-state index is 13.8. The van der Waals surface area contributed by atoms with E-state index in [1.165, 1.54) is 6.07 Å². The summed E-state index contributed by atoms with van der Waals surface area (Å²) < 4.78 is 13.8. The Kier molecular flexibility index (Phi) is 4.99. The van der Waals surface area contributed by atoms with Crippen LogP contribution in [0.3, 0.4) is 0 Å². The molecule has 4 heteroatoms. The summed E-state index contributed by atoms with van der Waals surface area (Å²) in [6.07, 6.45) is 1.67. The van der Waals surface area contributed by atoms with Gasteiger partial charge >= 0.3 is 0 Å². The van der Waals surface area contributed by atoms with Crippen LogP contribution in [0.2, 0.25) is 0 Å². The van der Waals surface area contributed by atoms with Gasteiger partial charge in [0.1, 0.15) is 5.82 Å².